The number of benzene rings is 1. The number of ether oxygens (including phenoxy) is 1. The van der Waals surface area contributed by atoms with E-state index >= 15 is 0 Å². The molecule has 0 bridgehead atoms. The van der Waals surface area contributed by atoms with Crippen molar-refractivity contribution in [1.82, 2.24) is 5.32 Å². The largest absolute Gasteiger partial charge is 0.378 e. The van der Waals surface area contributed by atoms with Crippen LogP contribution in [-0.2, 0) is 4.74 Å². The van der Waals surface area contributed by atoms with E-state index in [0.717, 1.165) is 25.3 Å². The minimum atomic E-state index is -1.42. The van der Waals surface area contributed by atoms with Crippen LogP contribution in [0.1, 0.15) is 37.3 Å². The van der Waals surface area contributed by atoms with E-state index in [1.54, 1.807) is 14.2 Å². The summed E-state index contributed by atoms with van der Waals surface area (Å²) in [5.41, 5.74) is -0.130. The molecule has 1 saturated carbocycles. The van der Waals surface area contributed by atoms with E-state index in [4.69, 9.17) is 4.74 Å². The van der Waals surface area contributed by atoms with Crippen LogP contribution in [-0.4, -0.2) is 19.8 Å². The van der Waals surface area contributed by atoms with Crippen LogP contribution >= 0.6 is 0 Å². The van der Waals surface area contributed by atoms with Gasteiger partial charge in [-0.05, 0) is 38.8 Å². The lowest BCUT2D eigenvalue weighted by molar-refractivity contribution is -0.0836. The molecule has 0 radical (unpaired) electrons. The maximum atomic E-state index is 13.8. The first-order valence-electron chi connectivity index (χ1n) is 6.39. The Kier molecular flexibility index (Phi) is 4.16. The van der Waals surface area contributed by atoms with Gasteiger partial charge in [-0.2, -0.15) is 0 Å². The summed E-state index contributed by atoms with van der Waals surface area (Å²) >= 11 is 0. The van der Waals surface area contributed by atoms with Crippen LogP contribution in [0.15, 0.2) is 12.1 Å². The fourth-order valence-corrected chi connectivity index (χ4v) is 2.61. The molecule has 1 unspecified atom stereocenters. The molecule has 0 aromatic heterocycles. The normalized spacial score (nSPS) is 19.0. The summed E-state index contributed by atoms with van der Waals surface area (Å²) in [7, 11) is 3.31. The highest BCUT2D eigenvalue weighted by molar-refractivity contribution is 5.24. The third-order valence-corrected chi connectivity index (χ3v) is 4.06. The Hall–Kier alpha value is -1.07. The van der Waals surface area contributed by atoms with Crippen LogP contribution < -0.4 is 5.32 Å². The molecule has 5 heteroatoms. The van der Waals surface area contributed by atoms with Crippen molar-refractivity contribution >= 4 is 0 Å². The van der Waals surface area contributed by atoms with Gasteiger partial charge in [-0.15, -0.1) is 0 Å². The second-order valence-corrected chi connectivity index (χ2v) is 5.05. The van der Waals surface area contributed by atoms with E-state index in [1.807, 2.05) is 0 Å². The van der Waals surface area contributed by atoms with E-state index < -0.39 is 23.5 Å². The Labute approximate surface area is 111 Å². The standard InChI is InChI=1S/C14H18F3NO/c1-18-11(8-14(19-2)6-3-7-14)9-4-5-10(15)13(17)12(9)16/h4-5,11,18H,3,6-8H2,1-2H3. The van der Waals surface area contributed by atoms with Crippen molar-refractivity contribution in [2.24, 2.45) is 0 Å². The Morgan fingerprint density at radius 3 is 2.42 bits per heavy atom. The van der Waals surface area contributed by atoms with Crippen molar-refractivity contribution in [1.29, 1.82) is 0 Å². The Balaban J connectivity index is 2.25. The number of nitrogens with one attached hydrogen (secondary N) is 1. The third-order valence-electron chi connectivity index (χ3n) is 4.06. The average molecular weight is 273 g/mol. The molecule has 2 rings (SSSR count). The van der Waals surface area contributed by atoms with E-state index in [0.29, 0.717) is 6.42 Å². The molecular weight excluding hydrogens is 255 g/mol. The van der Waals surface area contributed by atoms with Gasteiger partial charge in [0.15, 0.2) is 17.5 Å². The molecule has 0 aliphatic heterocycles. The van der Waals surface area contributed by atoms with Crippen molar-refractivity contribution in [3.63, 3.8) is 0 Å². The molecule has 19 heavy (non-hydrogen) atoms. The summed E-state index contributed by atoms with van der Waals surface area (Å²) in [6, 6.07) is 1.85. The second-order valence-electron chi connectivity index (χ2n) is 5.05. The van der Waals surface area contributed by atoms with E-state index in [-0.39, 0.29) is 11.2 Å². The topological polar surface area (TPSA) is 21.3 Å². The minimum absolute atomic E-state index is 0.143. The van der Waals surface area contributed by atoms with Crippen LogP contribution in [0.5, 0.6) is 0 Å². The van der Waals surface area contributed by atoms with Crippen LogP contribution in [0, 0.1) is 17.5 Å². The summed E-state index contributed by atoms with van der Waals surface area (Å²) < 4.78 is 45.5. The molecule has 0 amide bonds. The fraction of sp³-hybridized carbons (Fsp3) is 0.571. The van der Waals surface area contributed by atoms with E-state index in [9.17, 15) is 13.2 Å². The number of hydrogen-bond donors (Lipinski definition) is 1. The zero-order chi connectivity index (χ0) is 14.0. The summed E-state index contributed by atoms with van der Waals surface area (Å²) in [6.45, 7) is 0. The Morgan fingerprint density at radius 2 is 1.95 bits per heavy atom. The highest BCUT2D eigenvalue weighted by Gasteiger charge is 2.39. The molecule has 2 nitrogen and oxygen atoms in total. The predicted octanol–water partition coefficient (Wildman–Crippen LogP) is 3.32. The number of halogens is 3. The third kappa shape index (κ3) is 2.62. The van der Waals surface area contributed by atoms with Crippen LogP contribution in [0.3, 0.4) is 0 Å². The van der Waals surface area contributed by atoms with Gasteiger partial charge in [-0.1, -0.05) is 6.07 Å². The quantitative estimate of drug-likeness (QED) is 0.831. The van der Waals surface area contributed by atoms with Gasteiger partial charge in [0.05, 0.1) is 5.60 Å². The Bertz CT molecular complexity index is 455. The first-order chi connectivity index (χ1) is 9.03. The highest BCUT2D eigenvalue weighted by Crippen LogP contribution is 2.42. The molecule has 0 spiro atoms. The van der Waals surface area contributed by atoms with Gasteiger partial charge in [0.25, 0.3) is 0 Å². The minimum Gasteiger partial charge on any atom is -0.378 e. The van der Waals surface area contributed by atoms with Crippen LogP contribution in [0.4, 0.5) is 13.2 Å². The lowest BCUT2D eigenvalue weighted by Crippen LogP contribution is -2.42. The molecule has 1 fully saturated rings. The predicted molar refractivity (Wildman–Crippen MR) is 66.3 cm³/mol. The number of rotatable bonds is 5. The smallest absolute Gasteiger partial charge is 0.194 e. The van der Waals surface area contributed by atoms with E-state index in [1.165, 1.54) is 6.07 Å². The van der Waals surface area contributed by atoms with Gasteiger partial charge in [0.1, 0.15) is 0 Å². The number of methoxy groups -OCH3 is 1. The molecule has 1 atom stereocenters. The summed E-state index contributed by atoms with van der Waals surface area (Å²) in [4.78, 5) is 0. The van der Waals surface area contributed by atoms with Gasteiger partial charge < -0.3 is 10.1 Å². The summed E-state index contributed by atoms with van der Waals surface area (Å²) in [5.74, 6) is -3.70. The van der Waals surface area contributed by atoms with E-state index in [2.05, 4.69) is 5.32 Å². The van der Waals surface area contributed by atoms with Crippen molar-refractivity contribution < 1.29 is 17.9 Å². The Morgan fingerprint density at radius 1 is 1.26 bits per heavy atom. The first-order valence-corrected chi connectivity index (χ1v) is 6.39. The summed E-state index contributed by atoms with van der Waals surface area (Å²) in [5, 5.41) is 2.95. The molecule has 106 valence electrons. The first kappa shape index (κ1) is 14.3. The molecule has 1 aliphatic carbocycles. The molecule has 0 heterocycles. The monoisotopic (exact) mass is 273 g/mol. The van der Waals surface area contributed by atoms with Crippen LogP contribution in [0.25, 0.3) is 0 Å². The second kappa shape index (κ2) is 5.51. The maximum absolute atomic E-state index is 13.8. The SMILES string of the molecule is CNC(CC1(OC)CCC1)c1ccc(F)c(F)c1F. The van der Waals surface area contributed by atoms with Crippen molar-refractivity contribution in [2.75, 3.05) is 14.2 Å². The molecule has 0 saturated heterocycles. The molecule has 1 aromatic rings. The summed E-state index contributed by atoms with van der Waals surface area (Å²) in [6.07, 6.45) is 3.44. The van der Waals surface area contributed by atoms with Gasteiger partial charge in [-0.25, -0.2) is 13.2 Å². The maximum Gasteiger partial charge on any atom is 0.194 e. The highest BCUT2D eigenvalue weighted by atomic mass is 19.2. The van der Waals surface area contributed by atoms with Gasteiger partial charge in [0, 0.05) is 18.7 Å². The van der Waals surface area contributed by atoms with Crippen LogP contribution in [0.2, 0.25) is 0 Å². The average Bonchev–Trinajstić information content (AvgIpc) is 2.37. The van der Waals surface area contributed by atoms with Gasteiger partial charge in [0.2, 0.25) is 0 Å². The van der Waals surface area contributed by atoms with Crippen molar-refractivity contribution in [3.05, 3.63) is 35.1 Å². The van der Waals surface area contributed by atoms with Crippen molar-refractivity contribution in [2.45, 2.75) is 37.3 Å². The molecule has 1 aliphatic rings. The van der Waals surface area contributed by atoms with Gasteiger partial charge in [-0.3, -0.25) is 0 Å². The lowest BCUT2D eigenvalue weighted by Gasteiger charge is -2.42. The fourth-order valence-electron chi connectivity index (χ4n) is 2.61. The lowest BCUT2D eigenvalue weighted by atomic mass is 9.74. The molecule has 1 N–H and O–H groups in total. The van der Waals surface area contributed by atoms with Crippen molar-refractivity contribution in [3.8, 4) is 0 Å². The molecular formula is C14H18F3NO. The molecule has 1 aromatic carbocycles. The van der Waals surface area contributed by atoms with Gasteiger partial charge >= 0.3 is 0 Å². The number of hydrogen-bond acceptors (Lipinski definition) is 2. The zero-order valence-electron chi connectivity index (χ0n) is 11.1. The zero-order valence-corrected chi connectivity index (χ0v) is 11.1.